The van der Waals surface area contributed by atoms with Gasteiger partial charge in [-0.3, -0.25) is 0 Å². The van der Waals surface area contributed by atoms with Crippen LogP contribution in [0.25, 0.3) is 28.5 Å². The maximum atomic E-state index is 5.53. The third-order valence-electron chi connectivity index (χ3n) is 3.73. The van der Waals surface area contributed by atoms with Crippen molar-refractivity contribution in [3.8, 4) is 28.7 Å². The summed E-state index contributed by atoms with van der Waals surface area (Å²) in [5.41, 5.74) is 3.95. The van der Waals surface area contributed by atoms with E-state index in [1.54, 1.807) is 23.0 Å². The average molecular weight is 336 g/mol. The minimum atomic E-state index is 0.343. The molecule has 0 bridgehead atoms. The molecular formula is C17H16N6O2. The molecule has 0 radical (unpaired) electrons. The van der Waals surface area contributed by atoms with Gasteiger partial charge < -0.3 is 9.26 Å². The summed E-state index contributed by atoms with van der Waals surface area (Å²) in [6.45, 7) is 6.31. The molecule has 0 aromatic carbocycles. The largest absolute Gasteiger partial charge is 0.477 e. The van der Waals surface area contributed by atoms with E-state index in [2.05, 4.69) is 25.2 Å². The van der Waals surface area contributed by atoms with E-state index in [-0.39, 0.29) is 0 Å². The first kappa shape index (κ1) is 15.3. The second-order valence-electron chi connectivity index (χ2n) is 5.54. The summed E-state index contributed by atoms with van der Waals surface area (Å²) in [6.07, 6.45) is 3.35. The van der Waals surface area contributed by atoms with Gasteiger partial charge in [0.15, 0.2) is 5.65 Å². The molecule has 0 aliphatic carbocycles. The Bertz CT molecular complexity index is 1050. The van der Waals surface area contributed by atoms with E-state index >= 15 is 0 Å². The number of fused-ring (bicyclic) bond motifs is 1. The molecule has 4 rings (SSSR count). The third-order valence-corrected chi connectivity index (χ3v) is 3.73. The average Bonchev–Trinajstić information content (AvgIpc) is 3.22. The molecule has 0 saturated heterocycles. The van der Waals surface area contributed by atoms with Crippen molar-refractivity contribution in [1.82, 2.24) is 29.7 Å². The van der Waals surface area contributed by atoms with E-state index in [0.29, 0.717) is 41.0 Å². The van der Waals surface area contributed by atoms with Crippen LogP contribution in [0.15, 0.2) is 35.1 Å². The highest BCUT2D eigenvalue weighted by molar-refractivity contribution is 5.73. The Kier molecular flexibility index (Phi) is 3.64. The van der Waals surface area contributed by atoms with Crippen LogP contribution in [0.5, 0.6) is 5.88 Å². The molecule has 0 aliphatic rings. The van der Waals surface area contributed by atoms with Crippen LogP contribution in [-0.2, 0) is 0 Å². The molecule has 0 fully saturated rings. The lowest BCUT2D eigenvalue weighted by Crippen LogP contribution is -1.97. The first-order valence-electron chi connectivity index (χ1n) is 7.91. The summed E-state index contributed by atoms with van der Waals surface area (Å²) in [6, 6.07) is 5.60. The number of aryl methyl sites for hydroxylation is 2. The molecule has 8 heteroatoms. The number of ether oxygens (including phenoxy) is 1. The van der Waals surface area contributed by atoms with Gasteiger partial charge in [-0.25, -0.2) is 14.5 Å². The van der Waals surface area contributed by atoms with Crippen molar-refractivity contribution < 1.29 is 9.26 Å². The highest BCUT2D eigenvalue weighted by atomic mass is 16.5. The van der Waals surface area contributed by atoms with E-state index in [9.17, 15) is 0 Å². The topological polar surface area (TPSA) is 91.2 Å². The number of nitrogens with zero attached hydrogens (tertiary/aromatic N) is 6. The molecular weight excluding hydrogens is 320 g/mol. The van der Waals surface area contributed by atoms with E-state index in [4.69, 9.17) is 9.26 Å². The number of hydrogen-bond donors (Lipinski definition) is 0. The quantitative estimate of drug-likeness (QED) is 0.566. The van der Waals surface area contributed by atoms with Crippen LogP contribution >= 0.6 is 0 Å². The molecule has 8 nitrogen and oxygen atoms in total. The SMILES string of the molecule is CCOc1ncccc1-c1nc(-c2cnn3c(C)cc(C)nc23)no1. The lowest BCUT2D eigenvalue weighted by molar-refractivity contribution is 0.326. The van der Waals surface area contributed by atoms with Gasteiger partial charge in [0.05, 0.1) is 18.4 Å². The lowest BCUT2D eigenvalue weighted by Gasteiger charge is -2.04. The molecule has 0 saturated carbocycles. The monoisotopic (exact) mass is 336 g/mol. The highest BCUT2D eigenvalue weighted by Crippen LogP contribution is 2.29. The number of hydrogen-bond acceptors (Lipinski definition) is 7. The second-order valence-corrected chi connectivity index (χ2v) is 5.54. The lowest BCUT2D eigenvalue weighted by atomic mass is 10.2. The number of aromatic nitrogens is 6. The van der Waals surface area contributed by atoms with Crippen molar-refractivity contribution in [1.29, 1.82) is 0 Å². The van der Waals surface area contributed by atoms with Crippen molar-refractivity contribution in [2.24, 2.45) is 0 Å². The van der Waals surface area contributed by atoms with Gasteiger partial charge in [0, 0.05) is 17.6 Å². The summed E-state index contributed by atoms with van der Waals surface area (Å²) in [5.74, 6) is 1.23. The number of rotatable bonds is 4. The molecule has 25 heavy (non-hydrogen) atoms. The Morgan fingerprint density at radius 3 is 2.92 bits per heavy atom. The standard InChI is InChI=1S/C17H16N6O2/c1-4-24-16-12(6-5-7-18-16)17-21-14(22-25-17)13-9-19-23-11(3)8-10(2)20-15(13)23/h5-9H,4H2,1-3H3. The minimum absolute atomic E-state index is 0.343. The second kappa shape index (κ2) is 5.97. The highest BCUT2D eigenvalue weighted by Gasteiger charge is 2.19. The van der Waals surface area contributed by atoms with Crippen LogP contribution in [0, 0.1) is 13.8 Å². The van der Waals surface area contributed by atoms with Crippen molar-refractivity contribution in [3.05, 3.63) is 42.0 Å². The zero-order valence-corrected chi connectivity index (χ0v) is 14.1. The van der Waals surface area contributed by atoms with Gasteiger partial charge in [-0.15, -0.1) is 0 Å². The van der Waals surface area contributed by atoms with Crippen molar-refractivity contribution >= 4 is 5.65 Å². The summed E-state index contributed by atoms with van der Waals surface area (Å²) in [5, 5.41) is 8.44. The van der Waals surface area contributed by atoms with Crippen molar-refractivity contribution in [3.63, 3.8) is 0 Å². The van der Waals surface area contributed by atoms with Gasteiger partial charge in [-0.05, 0) is 39.0 Å². The van der Waals surface area contributed by atoms with E-state index in [0.717, 1.165) is 11.4 Å². The van der Waals surface area contributed by atoms with Gasteiger partial charge in [0.2, 0.25) is 11.7 Å². The van der Waals surface area contributed by atoms with E-state index in [1.807, 2.05) is 32.9 Å². The summed E-state index contributed by atoms with van der Waals surface area (Å²) < 4.78 is 12.7. The molecule has 0 N–H and O–H groups in total. The van der Waals surface area contributed by atoms with Gasteiger partial charge in [-0.2, -0.15) is 10.1 Å². The predicted octanol–water partition coefficient (Wildman–Crippen LogP) is 2.86. The molecule has 4 aromatic heterocycles. The first-order chi connectivity index (χ1) is 12.2. The normalized spacial score (nSPS) is 11.2. The first-order valence-corrected chi connectivity index (χ1v) is 7.91. The van der Waals surface area contributed by atoms with Gasteiger partial charge in [0.1, 0.15) is 5.56 Å². The fraction of sp³-hybridized carbons (Fsp3) is 0.235. The van der Waals surface area contributed by atoms with Crippen molar-refractivity contribution in [2.45, 2.75) is 20.8 Å². The Morgan fingerprint density at radius 2 is 2.08 bits per heavy atom. The minimum Gasteiger partial charge on any atom is -0.477 e. The fourth-order valence-corrected chi connectivity index (χ4v) is 2.68. The molecule has 0 spiro atoms. The van der Waals surface area contributed by atoms with Crippen LogP contribution in [0.3, 0.4) is 0 Å². The zero-order valence-electron chi connectivity index (χ0n) is 14.1. The molecule has 4 aromatic rings. The Hall–Kier alpha value is -3.29. The van der Waals surface area contributed by atoms with Crippen LogP contribution in [0.4, 0.5) is 0 Å². The van der Waals surface area contributed by atoms with E-state index in [1.165, 1.54) is 0 Å². The zero-order chi connectivity index (χ0) is 17.4. The van der Waals surface area contributed by atoms with Crippen LogP contribution in [0.1, 0.15) is 18.3 Å². The van der Waals surface area contributed by atoms with Crippen LogP contribution in [0.2, 0.25) is 0 Å². The Morgan fingerprint density at radius 1 is 1.20 bits per heavy atom. The Labute approximate surface area is 143 Å². The number of pyridine rings is 1. The third kappa shape index (κ3) is 2.61. The fourth-order valence-electron chi connectivity index (χ4n) is 2.68. The molecule has 4 heterocycles. The van der Waals surface area contributed by atoms with Gasteiger partial charge in [-0.1, -0.05) is 5.16 Å². The van der Waals surface area contributed by atoms with Gasteiger partial charge in [0.25, 0.3) is 5.89 Å². The molecule has 0 aliphatic heterocycles. The molecule has 126 valence electrons. The maximum Gasteiger partial charge on any atom is 0.263 e. The van der Waals surface area contributed by atoms with Crippen molar-refractivity contribution in [2.75, 3.05) is 6.61 Å². The van der Waals surface area contributed by atoms with E-state index < -0.39 is 0 Å². The molecule has 0 atom stereocenters. The van der Waals surface area contributed by atoms with Crippen LogP contribution < -0.4 is 4.74 Å². The smallest absolute Gasteiger partial charge is 0.263 e. The van der Waals surface area contributed by atoms with Crippen LogP contribution in [-0.4, -0.2) is 36.3 Å². The maximum absolute atomic E-state index is 5.53. The predicted molar refractivity (Wildman–Crippen MR) is 90.2 cm³/mol. The summed E-state index contributed by atoms with van der Waals surface area (Å²) >= 11 is 0. The Balaban J connectivity index is 1.81. The molecule has 0 amide bonds. The summed E-state index contributed by atoms with van der Waals surface area (Å²) in [4.78, 5) is 13.2. The van der Waals surface area contributed by atoms with Gasteiger partial charge >= 0.3 is 0 Å². The molecule has 0 unspecified atom stereocenters. The summed E-state index contributed by atoms with van der Waals surface area (Å²) in [7, 11) is 0.